The zero-order valence-corrected chi connectivity index (χ0v) is 24.7. The van der Waals surface area contributed by atoms with E-state index in [9.17, 15) is 24.8 Å². The van der Waals surface area contributed by atoms with Gasteiger partial charge in [0.1, 0.15) is 35.6 Å². The number of nitrogens with zero attached hydrogens (tertiary/aromatic N) is 4. The molecule has 44 heavy (non-hydrogen) atoms. The number of aliphatic hydroxyl groups is 1. The van der Waals surface area contributed by atoms with Gasteiger partial charge in [-0.15, -0.1) is 0 Å². The van der Waals surface area contributed by atoms with Gasteiger partial charge in [-0.25, -0.2) is 8.78 Å². The van der Waals surface area contributed by atoms with Gasteiger partial charge in [0.15, 0.2) is 0 Å². The lowest BCUT2D eigenvalue weighted by Gasteiger charge is -2.53. The number of carbonyl (C=O) groups excluding carboxylic acids is 3. The van der Waals surface area contributed by atoms with Crippen LogP contribution in [0, 0.1) is 28.6 Å². The number of alkyl halides is 2. The van der Waals surface area contributed by atoms with Crippen LogP contribution in [0.15, 0.2) is 18.2 Å². The molecule has 4 aliphatic heterocycles. The molecule has 1 aromatic rings. The highest BCUT2D eigenvalue weighted by Gasteiger charge is 2.56. The van der Waals surface area contributed by atoms with Crippen molar-refractivity contribution in [2.45, 2.75) is 94.7 Å². The van der Waals surface area contributed by atoms with Crippen LogP contribution in [0.25, 0.3) is 0 Å². The van der Waals surface area contributed by atoms with E-state index in [1.807, 2.05) is 9.80 Å². The summed E-state index contributed by atoms with van der Waals surface area (Å²) in [5, 5.41) is 21.6. The number of nitrogens with one attached hydrogen (secondary N) is 1. The molecule has 12 heteroatoms. The number of likely N-dealkylation sites (tertiary alicyclic amines) is 2. The molecule has 236 valence electrons. The molecule has 5 fully saturated rings. The summed E-state index contributed by atoms with van der Waals surface area (Å²) in [4.78, 5) is 43.4. The van der Waals surface area contributed by atoms with Crippen LogP contribution in [0.3, 0.4) is 0 Å². The molecular formula is C32H39F2N5O5. The van der Waals surface area contributed by atoms with Gasteiger partial charge < -0.3 is 25.0 Å². The summed E-state index contributed by atoms with van der Waals surface area (Å²) < 4.78 is 37.2. The minimum Gasteiger partial charge on any atom is -0.489 e. The molecule has 6 aliphatic rings. The minimum atomic E-state index is -2.89. The first-order valence-electron chi connectivity index (χ1n) is 16.0. The maximum atomic E-state index is 15.4. The second-order valence-corrected chi connectivity index (χ2v) is 13.7. The van der Waals surface area contributed by atoms with Crippen molar-refractivity contribution >= 4 is 17.7 Å². The first-order chi connectivity index (χ1) is 21.1. The third kappa shape index (κ3) is 5.11. The molecule has 2 unspecified atom stereocenters. The van der Waals surface area contributed by atoms with Gasteiger partial charge in [0.05, 0.1) is 6.07 Å². The van der Waals surface area contributed by atoms with Crippen molar-refractivity contribution in [1.82, 2.24) is 20.0 Å². The molecule has 2 saturated carbocycles. The van der Waals surface area contributed by atoms with Gasteiger partial charge >= 0.3 is 0 Å². The average Bonchev–Trinajstić information content (AvgIpc) is 3.71. The Morgan fingerprint density at radius 1 is 1.05 bits per heavy atom. The third-order valence-electron chi connectivity index (χ3n) is 10.9. The topological polar surface area (TPSA) is 126 Å². The van der Waals surface area contributed by atoms with E-state index in [1.54, 1.807) is 18.2 Å². The maximum absolute atomic E-state index is 15.4. The van der Waals surface area contributed by atoms with Crippen LogP contribution >= 0.6 is 0 Å². The van der Waals surface area contributed by atoms with Gasteiger partial charge in [-0.05, 0) is 87.0 Å². The van der Waals surface area contributed by atoms with Crippen LogP contribution in [0.1, 0.15) is 73.7 Å². The number of hydrogen-bond donors (Lipinski definition) is 2. The number of fused-ring (bicyclic) bond motifs is 1. The molecule has 0 spiro atoms. The van der Waals surface area contributed by atoms with E-state index in [0.29, 0.717) is 93.4 Å². The van der Waals surface area contributed by atoms with Crippen LogP contribution in [0.4, 0.5) is 8.78 Å². The Kier molecular flexibility index (Phi) is 7.32. The average molecular weight is 612 g/mol. The van der Waals surface area contributed by atoms with Crippen LogP contribution in [0.2, 0.25) is 0 Å². The van der Waals surface area contributed by atoms with Crippen molar-refractivity contribution in [2.75, 3.05) is 26.2 Å². The summed E-state index contributed by atoms with van der Waals surface area (Å²) in [6.45, 7) is 2.62. The normalized spacial score (nSPS) is 32.0. The number of ether oxygens (including phenoxy) is 1. The largest absolute Gasteiger partial charge is 0.489 e. The van der Waals surface area contributed by atoms with E-state index in [-0.39, 0.29) is 30.7 Å². The van der Waals surface area contributed by atoms with Crippen LogP contribution in [-0.2, 0) is 16.1 Å². The van der Waals surface area contributed by atoms with Gasteiger partial charge in [0.25, 0.3) is 11.8 Å². The number of aliphatic hydroxyl groups excluding tert-OH is 1. The first-order valence-corrected chi connectivity index (χ1v) is 16.0. The van der Waals surface area contributed by atoms with Crippen LogP contribution < -0.4 is 10.1 Å². The monoisotopic (exact) mass is 611 g/mol. The van der Waals surface area contributed by atoms with Crippen molar-refractivity contribution in [3.05, 3.63) is 29.3 Å². The molecule has 4 heterocycles. The molecule has 0 radical (unpaired) electrons. The highest BCUT2D eigenvalue weighted by Crippen LogP contribution is 2.48. The quantitative estimate of drug-likeness (QED) is 0.507. The smallest absolute Gasteiger partial charge is 0.266 e. The minimum absolute atomic E-state index is 0.0431. The Morgan fingerprint density at radius 2 is 1.80 bits per heavy atom. The number of benzene rings is 1. The predicted octanol–water partition coefficient (Wildman–Crippen LogP) is 2.65. The number of rotatable bonds is 6. The molecule has 1 aromatic carbocycles. The second-order valence-electron chi connectivity index (χ2n) is 13.7. The number of nitriles is 1. The molecule has 4 atom stereocenters. The molecular weight excluding hydrogens is 572 g/mol. The molecule has 10 nitrogen and oxygen atoms in total. The van der Waals surface area contributed by atoms with E-state index in [0.717, 1.165) is 12.8 Å². The predicted molar refractivity (Wildman–Crippen MR) is 152 cm³/mol. The fourth-order valence-electron chi connectivity index (χ4n) is 8.09. The summed E-state index contributed by atoms with van der Waals surface area (Å²) in [6.07, 6.45) is 2.78. The van der Waals surface area contributed by atoms with E-state index >= 15 is 8.78 Å². The SMILES string of the molecule is N#CC1(C(=O)N2CCC(C3CN([C@@H]4[C@@H](Oc5ccc6c(c5)CN(C5CCC(O)NC5=O)C6=O)CCCC4(F)F)C3)CC2)CC1. The Hall–Kier alpha value is -3.30. The van der Waals surface area contributed by atoms with E-state index in [1.165, 1.54) is 4.90 Å². The Morgan fingerprint density at radius 3 is 2.48 bits per heavy atom. The Labute approximate surface area is 255 Å². The third-order valence-corrected chi connectivity index (χ3v) is 10.9. The Balaban J connectivity index is 0.975. The number of halogens is 2. The molecule has 7 rings (SSSR count). The van der Waals surface area contributed by atoms with E-state index in [2.05, 4.69) is 11.4 Å². The van der Waals surface area contributed by atoms with Gasteiger partial charge in [-0.3, -0.25) is 19.3 Å². The Bertz CT molecular complexity index is 1380. The standard InChI is InChI=1S/C32H39F2N5O5/c33-32(34)9-1-2-25(27(32)38-15-21(16-38)19-7-12-37(13-8-19)30(43)31(18-35)10-11-31)44-22-3-4-23-20(14-22)17-39(29(23)42)24-5-6-26(40)36-28(24)41/h3-4,14,19,21,24-27,40H,1-2,5-13,15-17H2,(H,36,41)/t24?,25-,26?,27+/m0/s1. The molecule has 0 bridgehead atoms. The summed E-state index contributed by atoms with van der Waals surface area (Å²) in [5.41, 5.74) is 0.369. The summed E-state index contributed by atoms with van der Waals surface area (Å²) >= 11 is 0. The van der Waals surface area contributed by atoms with Gasteiger partial charge in [-0.2, -0.15) is 5.26 Å². The summed E-state index contributed by atoms with van der Waals surface area (Å²) in [6, 6.07) is 5.53. The van der Waals surface area contributed by atoms with Crippen molar-refractivity contribution < 1.29 is 33.0 Å². The molecule has 2 aliphatic carbocycles. The number of hydrogen-bond acceptors (Lipinski definition) is 7. The number of carbonyl (C=O) groups is 3. The van der Waals surface area contributed by atoms with Crippen molar-refractivity contribution in [3.8, 4) is 11.8 Å². The van der Waals surface area contributed by atoms with Crippen LogP contribution in [0.5, 0.6) is 5.75 Å². The first kappa shape index (κ1) is 29.4. The zero-order chi connectivity index (χ0) is 30.8. The van der Waals surface area contributed by atoms with E-state index < -0.39 is 35.8 Å². The lowest BCUT2D eigenvalue weighted by Crippen LogP contribution is -2.66. The number of amides is 3. The van der Waals surface area contributed by atoms with Crippen molar-refractivity contribution in [2.24, 2.45) is 17.3 Å². The van der Waals surface area contributed by atoms with Crippen molar-refractivity contribution in [3.63, 3.8) is 0 Å². The maximum Gasteiger partial charge on any atom is 0.266 e. The molecule has 3 saturated heterocycles. The lowest BCUT2D eigenvalue weighted by molar-refractivity contribution is -0.172. The lowest BCUT2D eigenvalue weighted by atomic mass is 9.76. The highest BCUT2D eigenvalue weighted by atomic mass is 19.3. The number of piperidine rings is 2. The van der Waals surface area contributed by atoms with Gasteiger partial charge in [-0.1, -0.05) is 0 Å². The summed E-state index contributed by atoms with van der Waals surface area (Å²) in [7, 11) is 0. The molecule has 2 N–H and O–H groups in total. The van der Waals surface area contributed by atoms with E-state index in [4.69, 9.17) is 4.74 Å². The molecule has 3 amide bonds. The summed E-state index contributed by atoms with van der Waals surface area (Å²) in [5.74, 6) is -2.47. The van der Waals surface area contributed by atoms with Gasteiger partial charge in [0, 0.05) is 44.7 Å². The molecule has 0 aromatic heterocycles. The van der Waals surface area contributed by atoms with Crippen LogP contribution in [-0.4, -0.2) is 94.0 Å². The zero-order valence-electron chi connectivity index (χ0n) is 24.7. The van der Waals surface area contributed by atoms with Gasteiger partial charge in [0.2, 0.25) is 11.8 Å². The second kappa shape index (κ2) is 10.9. The fourth-order valence-corrected chi connectivity index (χ4v) is 8.09. The fraction of sp³-hybridized carbons (Fsp3) is 0.688. The van der Waals surface area contributed by atoms with Crippen molar-refractivity contribution in [1.29, 1.82) is 5.26 Å². The highest BCUT2D eigenvalue weighted by molar-refractivity contribution is 6.01.